The predicted molar refractivity (Wildman–Crippen MR) is 95.7 cm³/mol. The smallest absolute Gasteiger partial charge is 0.256 e. The Hall–Kier alpha value is -2.33. The molecule has 0 unspecified atom stereocenters. The van der Waals surface area contributed by atoms with Crippen LogP contribution in [-0.2, 0) is 0 Å². The number of amides is 2. The largest absolute Gasteiger partial charge is 0.339 e. The second-order valence-electron chi connectivity index (χ2n) is 5.96. The van der Waals surface area contributed by atoms with Gasteiger partial charge >= 0.3 is 0 Å². The van der Waals surface area contributed by atoms with Crippen LogP contribution in [0.4, 0.5) is 5.69 Å². The van der Waals surface area contributed by atoms with E-state index in [0.717, 1.165) is 31.5 Å². The van der Waals surface area contributed by atoms with E-state index in [-0.39, 0.29) is 11.8 Å². The summed E-state index contributed by atoms with van der Waals surface area (Å²) in [4.78, 5) is 27.1. The average Bonchev–Trinajstić information content (AvgIpc) is 3.09. The normalized spacial score (nSPS) is 13.8. The Labute approximate surface area is 146 Å². The van der Waals surface area contributed by atoms with Crippen molar-refractivity contribution in [1.82, 2.24) is 4.90 Å². The zero-order chi connectivity index (χ0) is 17.1. The van der Waals surface area contributed by atoms with Crippen molar-refractivity contribution >= 4 is 29.1 Å². The van der Waals surface area contributed by atoms with Crippen molar-refractivity contribution in [1.29, 1.82) is 0 Å². The van der Waals surface area contributed by atoms with Crippen LogP contribution in [0.25, 0.3) is 0 Å². The molecule has 2 aromatic rings. The van der Waals surface area contributed by atoms with Gasteiger partial charge in [-0.1, -0.05) is 23.7 Å². The van der Waals surface area contributed by atoms with Crippen molar-refractivity contribution in [3.05, 3.63) is 64.2 Å². The molecule has 0 bridgehead atoms. The fourth-order valence-electron chi connectivity index (χ4n) is 2.93. The van der Waals surface area contributed by atoms with Gasteiger partial charge in [0.05, 0.1) is 11.3 Å². The first-order chi connectivity index (χ1) is 11.6. The fraction of sp³-hybridized carbons (Fsp3) is 0.263. The first kappa shape index (κ1) is 16.5. The Morgan fingerprint density at radius 1 is 1.04 bits per heavy atom. The number of rotatable bonds is 3. The summed E-state index contributed by atoms with van der Waals surface area (Å²) >= 11 is 5.85. The van der Waals surface area contributed by atoms with Gasteiger partial charge in [0.15, 0.2) is 0 Å². The highest BCUT2D eigenvalue weighted by molar-refractivity contribution is 6.30. The molecule has 1 N–H and O–H groups in total. The minimum atomic E-state index is -0.257. The van der Waals surface area contributed by atoms with E-state index >= 15 is 0 Å². The number of nitrogens with one attached hydrogen (secondary N) is 1. The summed E-state index contributed by atoms with van der Waals surface area (Å²) in [6, 6.07) is 12.2. The van der Waals surface area contributed by atoms with Gasteiger partial charge in [-0.3, -0.25) is 9.59 Å². The Morgan fingerprint density at radius 3 is 2.38 bits per heavy atom. The summed E-state index contributed by atoms with van der Waals surface area (Å²) in [7, 11) is 0. The number of carbonyl (C=O) groups excluding carboxylic acids is 2. The van der Waals surface area contributed by atoms with Gasteiger partial charge in [-0.25, -0.2) is 0 Å². The van der Waals surface area contributed by atoms with Crippen LogP contribution in [0, 0.1) is 6.92 Å². The molecule has 0 aliphatic carbocycles. The summed E-state index contributed by atoms with van der Waals surface area (Å²) in [5.41, 5.74) is 2.48. The molecule has 4 nitrogen and oxygen atoms in total. The van der Waals surface area contributed by atoms with Gasteiger partial charge in [0, 0.05) is 23.7 Å². The molecule has 3 rings (SSSR count). The fourth-order valence-corrected chi connectivity index (χ4v) is 3.06. The van der Waals surface area contributed by atoms with Crippen LogP contribution in [0.2, 0.25) is 5.02 Å². The average molecular weight is 343 g/mol. The first-order valence-electron chi connectivity index (χ1n) is 8.02. The molecule has 5 heteroatoms. The molecular weight excluding hydrogens is 324 g/mol. The molecule has 1 aliphatic rings. The van der Waals surface area contributed by atoms with Gasteiger partial charge < -0.3 is 10.2 Å². The Bertz CT molecular complexity index is 765. The Balaban J connectivity index is 1.87. The number of hydrogen-bond acceptors (Lipinski definition) is 2. The topological polar surface area (TPSA) is 49.4 Å². The van der Waals surface area contributed by atoms with Crippen molar-refractivity contribution in [3.63, 3.8) is 0 Å². The van der Waals surface area contributed by atoms with Crippen LogP contribution < -0.4 is 5.32 Å². The Kier molecular flexibility index (Phi) is 4.86. The van der Waals surface area contributed by atoms with Crippen LogP contribution in [-0.4, -0.2) is 29.8 Å². The van der Waals surface area contributed by atoms with E-state index in [4.69, 9.17) is 11.6 Å². The molecule has 2 aromatic carbocycles. The number of carbonyl (C=O) groups is 2. The number of likely N-dealkylation sites (tertiary alicyclic amines) is 1. The number of nitrogens with zero attached hydrogens (tertiary/aromatic N) is 1. The molecule has 1 heterocycles. The van der Waals surface area contributed by atoms with E-state index < -0.39 is 0 Å². The maximum absolute atomic E-state index is 12.8. The summed E-state index contributed by atoms with van der Waals surface area (Å²) in [6.07, 6.45) is 2.06. The van der Waals surface area contributed by atoms with Crippen molar-refractivity contribution in [2.45, 2.75) is 19.8 Å². The summed E-state index contributed by atoms with van der Waals surface area (Å²) in [5, 5.41) is 3.44. The summed E-state index contributed by atoms with van der Waals surface area (Å²) < 4.78 is 0. The van der Waals surface area contributed by atoms with E-state index in [2.05, 4.69) is 5.32 Å². The van der Waals surface area contributed by atoms with Crippen molar-refractivity contribution < 1.29 is 9.59 Å². The molecule has 0 aromatic heterocycles. The molecule has 24 heavy (non-hydrogen) atoms. The van der Waals surface area contributed by atoms with E-state index in [9.17, 15) is 9.59 Å². The standard InChI is InChI=1S/C19H19ClN2O2/c1-13-5-4-6-16(17(13)19(24)22-11-2-3-12-22)21-18(23)14-7-9-15(20)10-8-14/h4-10H,2-3,11-12H2,1H3,(H,21,23). The zero-order valence-corrected chi connectivity index (χ0v) is 14.3. The van der Waals surface area contributed by atoms with Gasteiger partial charge in [-0.2, -0.15) is 0 Å². The number of aryl methyl sites for hydroxylation is 1. The molecule has 1 fully saturated rings. The van der Waals surface area contributed by atoms with Crippen molar-refractivity contribution in [3.8, 4) is 0 Å². The lowest BCUT2D eigenvalue weighted by atomic mass is 10.0. The van der Waals surface area contributed by atoms with Crippen molar-refractivity contribution in [2.75, 3.05) is 18.4 Å². The van der Waals surface area contributed by atoms with E-state index in [1.165, 1.54) is 0 Å². The second-order valence-corrected chi connectivity index (χ2v) is 6.39. The third-order valence-corrected chi connectivity index (χ3v) is 4.49. The number of anilines is 1. The first-order valence-corrected chi connectivity index (χ1v) is 8.40. The highest BCUT2D eigenvalue weighted by Gasteiger charge is 2.24. The van der Waals surface area contributed by atoms with Gasteiger partial charge in [0.1, 0.15) is 0 Å². The molecule has 0 spiro atoms. The lowest BCUT2D eigenvalue weighted by Gasteiger charge is -2.19. The quantitative estimate of drug-likeness (QED) is 0.911. The van der Waals surface area contributed by atoms with E-state index in [1.54, 1.807) is 30.3 Å². The minimum absolute atomic E-state index is 0.0167. The summed E-state index contributed by atoms with van der Waals surface area (Å²) in [6.45, 7) is 3.44. The SMILES string of the molecule is Cc1cccc(NC(=O)c2ccc(Cl)cc2)c1C(=O)N1CCCC1. The molecular formula is C19H19ClN2O2. The summed E-state index contributed by atoms with van der Waals surface area (Å²) in [5.74, 6) is -0.273. The molecule has 1 saturated heterocycles. The number of benzene rings is 2. The minimum Gasteiger partial charge on any atom is -0.339 e. The van der Waals surface area contributed by atoms with E-state index in [0.29, 0.717) is 21.8 Å². The number of halogens is 1. The van der Waals surface area contributed by atoms with Gasteiger partial charge in [-0.15, -0.1) is 0 Å². The second kappa shape index (κ2) is 7.05. The van der Waals surface area contributed by atoms with Crippen LogP contribution in [0.5, 0.6) is 0 Å². The zero-order valence-electron chi connectivity index (χ0n) is 13.5. The molecule has 124 valence electrons. The number of hydrogen-bond donors (Lipinski definition) is 1. The van der Waals surface area contributed by atoms with Crippen LogP contribution in [0.3, 0.4) is 0 Å². The molecule has 2 amide bonds. The molecule has 0 atom stereocenters. The van der Waals surface area contributed by atoms with Gasteiger partial charge in [0.25, 0.3) is 11.8 Å². The highest BCUT2D eigenvalue weighted by atomic mass is 35.5. The third-order valence-electron chi connectivity index (χ3n) is 4.23. The predicted octanol–water partition coefficient (Wildman–Crippen LogP) is 4.14. The highest BCUT2D eigenvalue weighted by Crippen LogP contribution is 2.24. The van der Waals surface area contributed by atoms with Crippen LogP contribution in [0.15, 0.2) is 42.5 Å². The van der Waals surface area contributed by atoms with Crippen molar-refractivity contribution in [2.24, 2.45) is 0 Å². The van der Waals surface area contributed by atoms with Gasteiger partial charge in [-0.05, 0) is 55.7 Å². The molecule has 0 saturated carbocycles. The van der Waals surface area contributed by atoms with Crippen LogP contribution >= 0.6 is 11.6 Å². The monoisotopic (exact) mass is 342 g/mol. The van der Waals surface area contributed by atoms with Gasteiger partial charge in [0.2, 0.25) is 0 Å². The molecule has 0 radical (unpaired) electrons. The van der Waals surface area contributed by atoms with Crippen LogP contribution in [0.1, 0.15) is 39.1 Å². The third kappa shape index (κ3) is 3.44. The lowest BCUT2D eigenvalue weighted by Crippen LogP contribution is -2.29. The lowest BCUT2D eigenvalue weighted by molar-refractivity contribution is 0.0793. The Morgan fingerprint density at radius 2 is 1.71 bits per heavy atom. The van der Waals surface area contributed by atoms with E-state index in [1.807, 2.05) is 24.0 Å². The molecule has 1 aliphatic heterocycles. The maximum atomic E-state index is 12.8. The maximum Gasteiger partial charge on any atom is 0.256 e.